The first-order valence-electron chi connectivity index (χ1n) is 5.12. The van der Waals surface area contributed by atoms with Crippen LogP contribution in [0.15, 0.2) is 6.20 Å². The van der Waals surface area contributed by atoms with Crippen LogP contribution in [0, 0.1) is 5.92 Å². The van der Waals surface area contributed by atoms with Crippen LogP contribution in [0.3, 0.4) is 0 Å². The first kappa shape index (κ1) is 13.0. The highest BCUT2D eigenvalue weighted by Gasteiger charge is 2.36. The summed E-state index contributed by atoms with van der Waals surface area (Å²) in [5.41, 5.74) is -0.599. The Balaban J connectivity index is 3.00. The van der Waals surface area contributed by atoms with Crippen LogP contribution in [0.5, 0.6) is 0 Å². The van der Waals surface area contributed by atoms with Gasteiger partial charge in [0.05, 0.1) is 0 Å². The van der Waals surface area contributed by atoms with E-state index in [1.54, 1.807) is 7.05 Å². The van der Waals surface area contributed by atoms with Crippen molar-refractivity contribution in [3.05, 3.63) is 17.5 Å². The lowest BCUT2D eigenvalue weighted by molar-refractivity contribution is -0.142. The van der Waals surface area contributed by atoms with Crippen molar-refractivity contribution >= 4 is 0 Å². The number of hydrogen-bond donors (Lipinski definition) is 1. The molecule has 1 aromatic rings. The van der Waals surface area contributed by atoms with Crippen molar-refractivity contribution in [3.8, 4) is 0 Å². The summed E-state index contributed by atoms with van der Waals surface area (Å²) in [5, 5.41) is 6.30. The first-order valence-corrected chi connectivity index (χ1v) is 5.12. The molecular formula is C10H16F3N3. The van der Waals surface area contributed by atoms with Crippen LogP contribution in [0.4, 0.5) is 13.2 Å². The summed E-state index contributed by atoms with van der Waals surface area (Å²) in [5.74, 6) is 0.267. The maximum Gasteiger partial charge on any atom is 0.435 e. The first-order chi connectivity index (χ1) is 7.34. The normalized spacial score (nSPS) is 12.4. The standard InChI is InChI=1S/C10H16F3N3/c1-7(2)5-16-6-8(4-14-3)9(15-16)10(11,12)13/h6-7,14H,4-5H2,1-3H3. The summed E-state index contributed by atoms with van der Waals surface area (Å²) in [6.45, 7) is 4.54. The van der Waals surface area contributed by atoms with E-state index >= 15 is 0 Å². The second-order valence-corrected chi connectivity index (χ2v) is 4.15. The van der Waals surface area contributed by atoms with Gasteiger partial charge in [-0.05, 0) is 13.0 Å². The van der Waals surface area contributed by atoms with E-state index in [9.17, 15) is 13.2 Å². The van der Waals surface area contributed by atoms with Gasteiger partial charge in [0.25, 0.3) is 0 Å². The summed E-state index contributed by atoms with van der Waals surface area (Å²) >= 11 is 0. The fraction of sp³-hybridized carbons (Fsp3) is 0.700. The summed E-state index contributed by atoms with van der Waals surface area (Å²) in [6, 6.07) is 0. The number of rotatable bonds is 4. The third-order valence-electron chi connectivity index (χ3n) is 2.03. The summed E-state index contributed by atoms with van der Waals surface area (Å²) in [4.78, 5) is 0. The Morgan fingerprint density at radius 2 is 2.06 bits per heavy atom. The van der Waals surface area contributed by atoms with E-state index in [-0.39, 0.29) is 18.0 Å². The Morgan fingerprint density at radius 3 is 2.50 bits per heavy atom. The van der Waals surface area contributed by atoms with E-state index < -0.39 is 11.9 Å². The van der Waals surface area contributed by atoms with Crippen molar-refractivity contribution in [2.45, 2.75) is 33.1 Å². The predicted octanol–water partition coefficient (Wildman–Crippen LogP) is 2.28. The Bertz CT molecular complexity index is 342. The smallest absolute Gasteiger partial charge is 0.316 e. The van der Waals surface area contributed by atoms with Crippen LogP contribution < -0.4 is 5.32 Å². The van der Waals surface area contributed by atoms with Gasteiger partial charge in [0, 0.05) is 24.8 Å². The third-order valence-corrected chi connectivity index (χ3v) is 2.03. The maximum absolute atomic E-state index is 12.6. The molecule has 0 spiro atoms. The van der Waals surface area contributed by atoms with Gasteiger partial charge >= 0.3 is 6.18 Å². The number of nitrogens with one attached hydrogen (secondary N) is 1. The molecule has 0 saturated carbocycles. The van der Waals surface area contributed by atoms with Crippen LogP contribution in [0.1, 0.15) is 25.1 Å². The van der Waals surface area contributed by atoms with E-state index in [4.69, 9.17) is 0 Å². The SMILES string of the molecule is CNCc1cn(CC(C)C)nc1C(F)(F)F. The molecule has 16 heavy (non-hydrogen) atoms. The van der Waals surface area contributed by atoms with Gasteiger partial charge in [-0.2, -0.15) is 18.3 Å². The highest BCUT2D eigenvalue weighted by atomic mass is 19.4. The maximum atomic E-state index is 12.6. The fourth-order valence-corrected chi connectivity index (χ4v) is 1.49. The van der Waals surface area contributed by atoms with Gasteiger partial charge in [0.15, 0.2) is 5.69 Å². The second-order valence-electron chi connectivity index (χ2n) is 4.15. The number of hydrogen-bond acceptors (Lipinski definition) is 2. The Morgan fingerprint density at radius 1 is 1.44 bits per heavy atom. The average molecular weight is 235 g/mol. The lowest BCUT2D eigenvalue weighted by atomic mass is 10.2. The molecule has 0 fully saturated rings. The molecule has 0 aliphatic rings. The molecule has 0 aliphatic carbocycles. The van der Waals surface area contributed by atoms with Crippen LogP contribution in [-0.4, -0.2) is 16.8 Å². The van der Waals surface area contributed by atoms with Gasteiger partial charge in [0.1, 0.15) is 0 Å². The van der Waals surface area contributed by atoms with Gasteiger partial charge in [-0.25, -0.2) is 0 Å². The third kappa shape index (κ3) is 3.23. The average Bonchev–Trinajstić information content (AvgIpc) is 2.46. The minimum Gasteiger partial charge on any atom is -0.316 e. The molecular weight excluding hydrogens is 219 g/mol. The van der Waals surface area contributed by atoms with E-state index in [1.807, 2.05) is 13.8 Å². The quantitative estimate of drug-likeness (QED) is 0.867. The van der Waals surface area contributed by atoms with Crippen molar-refractivity contribution < 1.29 is 13.2 Å². The molecule has 0 radical (unpaired) electrons. The van der Waals surface area contributed by atoms with Gasteiger partial charge in [-0.15, -0.1) is 0 Å². The van der Waals surface area contributed by atoms with E-state index in [1.165, 1.54) is 10.9 Å². The van der Waals surface area contributed by atoms with Gasteiger partial charge in [-0.1, -0.05) is 13.8 Å². The Kier molecular flexibility index (Phi) is 3.96. The molecule has 0 atom stereocenters. The zero-order valence-electron chi connectivity index (χ0n) is 9.60. The van der Waals surface area contributed by atoms with Crippen LogP contribution >= 0.6 is 0 Å². The number of halogens is 3. The topological polar surface area (TPSA) is 29.9 Å². The largest absolute Gasteiger partial charge is 0.435 e. The van der Waals surface area contributed by atoms with Crippen molar-refractivity contribution in [3.63, 3.8) is 0 Å². The monoisotopic (exact) mass is 235 g/mol. The zero-order valence-corrected chi connectivity index (χ0v) is 9.60. The van der Waals surface area contributed by atoms with E-state index in [2.05, 4.69) is 10.4 Å². The van der Waals surface area contributed by atoms with Crippen LogP contribution in [-0.2, 0) is 19.3 Å². The zero-order chi connectivity index (χ0) is 12.3. The lowest BCUT2D eigenvalue weighted by Gasteiger charge is -2.05. The minimum atomic E-state index is -4.38. The molecule has 0 amide bonds. The van der Waals surface area contributed by atoms with Crippen molar-refractivity contribution in [1.82, 2.24) is 15.1 Å². The number of nitrogens with zero attached hydrogens (tertiary/aromatic N) is 2. The van der Waals surface area contributed by atoms with Crippen molar-refractivity contribution in [1.29, 1.82) is 0 Å². The second kappa shape index (κ2) is 4.86. The molecule has 1 heterocycles. The molecule has 0 bridgehead atoms. The molecule has 92 valence electrons. The molecule has 6 heteroatoms. The van der Waals surface area contributed by atoms with Gasteiger partial charge in [0.2, 0.25) is 0 Å². The van der Waals surface area contributed by atoms with Gasteiger partial charge < -0.3 is 5.32 Å². The molecule has 1 aromatic heterocycles. The van der Waals surface area contributed by atoms with Crippen molar-refractivity contribution in [2.75, 3.05) is 7.05 Å². The number of aromatic nitrogens is 2. The Labute approximate surface area is 92.6 Å². The van der Waals surface area contributed by atoms with E-state index in [0.717, 1.165) is 0 Å². The summed E-state index contributed by atoms with van der Waals surface area (Å²) < 4.78 is 39.2. The minimum absolute atomic E-state index is 0.174. The molecule has 0 aliphatic heterocycles. The fourth-order valence-electron chi connectivity index (χ4n) is 1.49. The predicted molar refractivity (Wildman–Crippen MR) is 54.8 cm³/mol. The van der Waals surface area contributed by atoms with Crippen LogP contribution in [0.25, 0.3) is 0 Å². The molecule has 1 N–H and O–H groups in total. The summed E-state index contributed by atoms with van der Waals surface area (Å²) in [6.07, 6.45) is -2.92. The Hall–Kier alpha value is -1.04. The number of alkyl halides is 3. The molecule has 0 saturated heterocycles. The highest BCUT2D eigenvalue weighted by molar-refractivity contribution is 5.19. The highest BCUT2D eigenvalue weighted by Crippen LogP contribution is 2.30. The van der Waals surface area contributed by atoms with Crippen LogP contribution in [0.2, 0.25) is 0 Å². The van der Waals surface area contributed by atoms with Gasteiger partial charge in [-0.3, -0.25) is 4.68 Å². The molecule has 0 unspecified atom stereocenters. The lowest BCUT2D eigenvalue weighted by Crippen LogP contribution is -2.13. The van der Waals surface area contributed by atoms with E-state index in [0.29, 0.717) is 6.54 Å². The summed E-state index contributed by atoms with van der Waals surface area (Å²) in [7, 11) is 1.61. The molecule has 0 aromatic carbocycles. The van der Waals surface area contributed by atoms with Crippen molar-refractivity contribution in [2.24, 2.45) is 5.92 Å². The molecule has 3 nitrogen and oxygen atoms in total. The molecule has 1 rings (SSSR count).